The molecule has 1 aromatic heterocycles. The summed E-state index contributed by atoms with van der Waals surface area (Å²) in [6, 6.07) is 6.26. The number of nitrogens with zero attached hydrogens (tertiary/aromatic N) is 3. The molecule has 1 fully saturated rings. The van der Waals surface area contributed by atoms with Gasteiger partial charge in [-0.3, -0.25) is 0 Å². The fourth-order valence-corrected chi connectivity index (χ4v) is 3.21. The lowest BCUT2D eigenvalue weighted by Crippen LogP contribution is -2.49. The molecule has 3 rings (SSSR count). The van der Waals surface area contributed by atoms with Gasteiger partial charge in [0.25, 0.3) is 0 Å². The number of halogens is 1. The van der Waals surface area contributed by atoms with Crippen molar-refractivity contribution in [3.05, 3.63) is 48.0 Å². The van der Waals surface area contributed by atoms with E-state index in [9.17, 15) is 9.18 Å². The second-order valence-electron chi connectivity index (χ2n) is 7.30. The lowest BCUT2D eigenvalue weighted by molar-refractivity contribution is -0.0744. The van der Waals surface area contributed by atoms with E-state index in [0.717, 1.165) is 18.4 Å². The van der Waals surface area contributed by atoms with E-state index in [4.69, 9.17) is 4.74 Å². The topological polar surface area (TPSA) is 59.4 Å². The second-order valence-corrected chi connectivity index (χ2v) is 7.30. The molecule has 0 aliphatic carbocycles. The number of nitrogens with one attached hydrogen (secondary N) is 1. The Hall–Kier alpha value is -2.41. The Balaban J connectivity index is 1.56. The van der Waals surface area contributed by atoms with Crippen LogP contribution in [0.4, 0.5) is 9.18 Å². The molecule has 140 valence electrons. The molecule has 2 amide bonds. The van der Waals surface area contributed by atoms with E-state index in [-0.39, 0.29) is 23.5 Å². The lowest BCUT2D eigenvalue weighted by Gasteiger charge is -2.39. The van der Waals surface area contributed by atoms with Gasteiger partial charge in [-0.15, -0.1) is 0 Å². The first kappa shape index (κ1) is 18.4. The van der Waals surface area contributed by atoms with Crippen molar-refractivity contribution in [3.8, 4) is 5.69 Å². The molecule has 26 heavy (non-hydrogen) atoms. The van der Waals surface area contributed by atoms with Crippen molar-refractivity contribution in [3.63, 3.8) is 0 Å². The van der Waals surface area contributed by atoms with Crippen molar-refractivity contribution in [2.45, 2.75) is 44.9 Å². The van der Waals surface area contributed by atoms with E-state index in [1.54, 1.807) is 34.1 Å². The molecule has 0 bridgehead atoms. The van der Waals surface area contributed by atoms with Gasteiger partial charge < -0.3 is 15.0 Å². The van der Waals surface area contributed by atoms with Crippen molar-refractivity contribution in [2.24, 2.45) is 0 Å². The molecule has 7 heteroatoms. The lowest BCUT2D eigenvalue weighted by atomic mass is 9.93. The summed E-state index contributed by atoms with van der Waals surface area (Å²) < 4.78 is 20.6. The van der Waals surface area contributed by atoms with Gasteiger partial charge in [0.2, 0.25) is 0 Å². The summed E-state index contributed by atoms with van der Waals surface area (Å²) in [5, 5.41) is 7.15. The number of amides is 2. The Morgan fingerprint density at radius 1 is 1.50 bits per heavy atom. The Morgan fingerprint density at radius 2 is 2.31 bits per heavy atom. The minimum Gasteiger partial charge on any atom is -0.375 e. The molecule has 6 nitrogen and oxygen atoms in total. The zero-order valence-corrected chi connectivity index (χ0v) is 15.4. The number of urea groups is 1. The minimum atomic E-state index is -0.311. The van der Waals surface area contributed by atoms with Crippen LogP contribution in [0.25, 0.3) is 5.69 Å². The average Bonchev–Trinajstić information content (AvgIpc) is 3.07. The second kappa shape index (κ2) is 7.45. The molecule has 1 atom stereocenters. The van der Waals surface area contributed by atoms with Gasteiger partial charge in [0, 0.05) is 38.0 Å². The smallest absolute Gasteiger partial charge is 0.317 e. The Labute approximate surface area is 152 Å². The van der Waals surface area contributed by atoms with E-state index in [1.807, 2.05) is 20.9 Å². The van der Waals surface area contributed by atoms with E-state index < -0.39 is 0 Å². The van der Waals surface area contributed by atoms with Crippen LogP contribution in [-0.2, 0) is 11.3 Å². The zero-order chi connectivity index (χ0) is 18.7. The number of rotatable bonds is 4. The van der Waals surface area contributed by atoms with Crippen molar-refractivity contribution in [1.29, 1.82) is 0 Å². The van der Waals surface area contributed by atoms with Crippen LogP contribution in [0.5, 0.6) is 0 Å². The molecule has 1 aromatic carbocycles. The number of hydrogen-bond donors (Lipinski definition) is 1. The third kappa shape index (κ3) is 4.40. The number of aromatic nitrogens is 2. The summed E-state index contributed by atoms with van der Waals surface area (Å²) in [6.07, 6.45) is 5.11. The van der Waals surface area contributed by atoms with E-state index in [0.29, 0.717) is 18.8 Å². The number of benzene rings is 1. The standard InChI is InChI=1S/C19H25FN4O2/c1-19(2)10-17(7-8-26-19)23(3)18(25)21-11-14-12-22-24(13-14)16-6-4-5-15(20)9-16/h4-6,9,12-13,17H,7-8,10-11H2,1-3H3,(H,21,25)/t17-/m0/s1. The van der Waals surface area contributed by atoms with Gasteiger partial charge in [-0.1, -0.05) is 6.07 Å². The first-order valence-electron chi connectivity index (χ1n) is 8.78. The van der Waals surface area contributed by atoms with Crippen LogP contribution in [0.3, 0.4) is 0 Å². The van der Waals surface area contributed by atoms with Crippen LogP contribution in [-0.4, -0.2) is 46.0 Å². The molecular weight excluding hydrogens is 335 g/mol. The molecule has 0 radical (unpaired) electrons. The van der Waals surface area contributed by atoms with Gasteiger partial charge in [-0.2, -0.15) is 5.10 Å². The van der Waals surface area contributed by atoms with Crippen LogP contribution >= 0.6 is 0 Å². The minimum absolute atomic E-state index is 0.119. The van der Waals surface area contributed by atoms with Crippen LogP contribution in [0.15, 0.2) is 36.7 Å². The average molecular weight is 360 g/mol. The molecule has 1 aliphatic heterocycles. The highest BCUT2D eigenvalue weighted by Gasteiger charge is 2.32. The molecule has 0 unspecified atom stereocenters. The predicted octanol–water partition coefficient (Wildman–Crippen LogP) is 3.11. The van der Waals surface area contributed by atoms with Gasteiger partial charge in [0.05, 0.1) is 17.5 Å². The first-order valence-corrected chi connectivity index (χ1v) is 8.78. The first-order chi connectivity index (χ1) is 12.3. The SMILES string of the molecule is CN(C(=O)NCc1cnn(-c2cccc(F)c2)c1)[C@H]1CCOC(C)(C)C1. The number of hydrogen-bond acceptors (Lipinski definition) is 3. The Kier molecular flexibility index (Phi) is 5.27. The maximum atomic E-state index is 13.3. The predicted molar refractivity (Wildman–Crippen MR) is 96.6 cm³/mol. The quantitative estimate of drug-likeness (QED) is 0.911. The summed E-state index contributed by atoms with van der Waals surface area (Å²) in [7, 11) is 1.82. The Bertz CT molecular complexity index is 774. The third-order valence-corrected chi connectivity index (χ3v) is 4.69. The van der Waals surface area contributed by atoms with E-state index >= 15 is 0 Å². The third-order valence-electron chi connectivity index (χ3n) is 4.69. The Morgan fingerprint density at radius 3 is 3.04 bits per heavy atom. The molecule has 0 spiro atoms. The van der Waals surface area contributed by atoms with Crippen molar-refractivity contribution in [2.75, 3.05) is 13.7 Å². The molecule has 1 saturated heterocycles. The summed E-state index contributed by atoms with van der Waals surface area (Å²) in [5.41, 5.74) is 1.29. The highest BCUT2D eigenvalue weighted by molar-refractivity contribution is 5.74. The highest BCUT2D eigenvalue weighted by atomic mass is 19.1. The number of ether oxygens (including phenoxy) is 1. The monoisotopic (exact) mass is 360 g/mol. The summed E-state index contributed by atoms with van der Waals surface area (Å²) in [5.74, 6) is -0.311. The van der Waals surface area contributed by atoms with Crippen LogP contribution < -0.4 is 5.32 Å². The number of carbonyl (C=O) groups excluding carboxylic acids is 1. The molecular formula is C19H25FN4O2. The molecule has 2 aromatic rings. The largest absolute Gasteiger partial charge is 0.375 e. The van der Waals surface area contributed by atoms with Crippen LogP contribution in [0.2, 0.25) is 0 Å². The highest BCUT2D eigenvalue weighted by Crippen LogP contribution is 2.26. The summed E-state index contributed by atoms with van der Waals surface area (Å²) in [6.45, 7) is 5.12. The molecule has 1 N–H and O–H groups in total. The van der Waals surface area contributed by atoms with Gasteiger partial charge in [0.15, 0.2) is 0 Å². The van der Waals surface area contributed by atoms with Crippen molar-refractivity contribution in [1.82, 2.24) is 20.0 Å². The number of carbonyl (C=O) groups is 1. The maximum Gasteiger partial charge on any atom is 0.317 e. The van der Waals surface area contributed by atoms with Gasteiger partial charge in [-0.05, 0) is 44.9 Å². The van der Waals surface area contributed by atoms with Gasteiger partial charge >= 0.3 is 6.03 Å². The fourth-order valence-electron chi connectivity index (χ4n) is 3.21. The van der Waals surface area contributed by atoms with Crippen LogP contribution in [0, 0.1) is 5.82 Å². The van der Waals surface area contributed by atoms with Gasteiger partial charge in [0.1, 0.15) is 5.82 Å². The summed E-state index contributed by atoms with van der Waals surface area (Å²) >= 11 is 0. The van der Waals surface area contributed by atoms with E-state index in [1.165, 1.54) is 12.1 Å². The molecule has 0 saturated carbocycles. The normalized spacial score (nSPS) is 19.2. The zero-order valence-electron chi connectivity index (χ0n) is 15.4. The fraction of sp³-hybridized carbons (Fsp3) is 0.474. The van der Waals surface area contributed by atoms with E-state index in [2.05, 4.69) is 10.4 Å². The maximum absolute atomic E-state index is 13.3. The molecule has 2 heterocycles. The molecule has 1 aliphatic rings. The van der Waals surface area contributed by atoms with Gasteiger partial charge in [-0.25, -0.2) is 13.9 Å². The van der Waals surface area contributed by atoms with Crippen molar-refractivity contribution < 1.29 is 13.9 Å². The van der Waals surface area contributed by atoms with Crippen LogP contribution in [0.1, 0.15) is 32.3 Å². The summed E-state index contributed by atoms with van der Waals surface area (Å²) in [4.78, 5) is 14.2. The van der Waals surface area contributed by atoms with Crippen molar-refractivity contribution >= 4 is 6.03 Å².